The summed E-state index contributed by atoms with van der Waals surface area (Å²) >= 11 is 0. The monoisotopic (exact) mass is 269 g/mol. The minimum atomic E-state index is -0.609. The second-order valence-corrected chi connectivity index (χ2v) is 4.33. The maximum Gasteiger partial charge on any atom is 0.348 e. The molecule has 0 saturated heterocycles. The normalized spacial score (nSPS) is 17.4. The number of rotatable bonds is 3. The molecule has 102 valence electrons. The van der Waals surface area contributed by atoms with Gasteiger partial charge in [-0.15, -0.1) is 0 Å². The third-order valence-corrected chi connectivity index (χ3v) is 2.94. The fourth-order valence-corrected chi connectivity index (χ4v) is 1.93. The van der Waals surface area contributed by atoms with Crippen molar-refractivity contribution < 1.29 is 14.3 Å². The molecule has 0 N–H and O–H groups in total. The van der Waals surface area contributed by atoms with Gasteiger partial charge in [0.1, 0.15) is 23.5 Å². The van der Waals surface area contributed by atoms with Gasteiger partial charge in [0.05, 0.1) is 6.61 Å². The number of carbonyl (C=O) groups excluding carboxylic acids is 1. The molecule has 0 saturated carbocycles. The average molecular weight is 269 g/mol. The van der Waals surface area contributed by atoms with Gasteiger partial charge in [-0.25, -0.2) is 4.79 Å². The summed E-state index contributed by atoms with van der Waals surface area (Å²) in [5.41, 5.74) is 1.68. The van der Waals surface area contributed by atoms with Crippen LogP contribution in [0, 0.1) is 11.3 Å². The highest BCUT2D eigenvalue weighted by Crippen LogP contribution is 2.30. The number of esters is 1. The van der Waals surface area contributed by atoms with Gasteiger partial charge in [-0.2, -0.15) is 5.26 Å². The summed E-state index contributed by atoms with van der Waals surface area (Å²) in [7, 11) is 0. The SMILES string of the molecule is CCOC(=O)C(C#N)=CC1=Cc2ccccc2OC1C. The summed E-state index contributed by atoms with van der Waals surface area (Å²) < 4.78 is 10.6. The molecule has 4 heteroatoms. The molecule has 0 fully saturated rings. The van der Waals surface area contributed by atoms with E-state index in [4.69, 9.17) is 14.7 Å². The van der Waals surface area contributed by atoms with Crippen LogP contribution in [-0.2, 0) is 9.53 Å². The Hall–Kier alpha value is -2.54. The molecule has 4 nitrogen and oxygen atoms in total. The lowest BCUT2D eigenvalue weighted by Crippen LogP contribution is -2.18. The predicted octanol–water partition coefficient (Wildman–Crippen LogP) is 2.86. The largest absolute Gasteiger partial charge is 0.485 e. The molecule has 0 radical (unpaired) electrons. The Balaban J connectivity index is 2.35. The van der Waals surface area contributed by atoms with Crippen LogP contribution >= 0.6 is 0 Å². The molecular weight excluding hydrogens is 254 g/mol. The molecule has 20 heavy (non-hydrogen) atoms. The molecule has 2 rings (SSSR count). The third-order valence-electron chi connectivity index (χ3n) is 2.94. The van der Waals surface area contributed by atoms with Gasteiger partial charge in [0, 0.05) is 5.56 Å². The van der Waals surface area contributed by atoms with Crippen molar-refractivity contribution in [1.82, 2.24) is 0 Å². The van der Waals surface area contributed by atoms with E-state index in [0.717, 1.165) is 16.9 Å². The summed E-state index contributed by atoms with van der Waals surface area (Å²) in [6.45, 7) is 3.82. The van der Waals surface area contributed by atoms with E-state index < -0.39 is 5.97 Å². The topological polar surface area (TPSA) is 59.3 Å². The highest BCUT2D eigenvalue weighted by atomic mass is 16.5. The van der Waals surface area contributed by atoms with E-state index in [9.17, 15) is 4.79 Å². The van der Waals surface area contributed by atoms with Crippen molar-refractivity contribution in [3.63, 3.8) is 0 Å². The van der Waals surface area contributed by atoms with Crippen molar-refractivity contribution in [3.8, 4) is 11.8 Å². The van der Waals surface area contributed by atoms with Crippen LogP contribution in [0.3, 0.4) is 0 Å². The van der Waals surface area contributed by atoms with Gasteiger partial charge in [-0.3, -0.25) is 0 Å². The Morgan fingerprint density at radius 3 is 2.95 bits per heavy atom. The van der Waals surface area contributed by atoms with Gasteiger partial charge in [-0.05, 0) is 37.6 Å². The molecule has 1 aromatic rings. The summed E-state index contributed by atoms with van der Waals surface area (Å²) in [6, 6.07) is 9.49. The predicted molar refractivity (Wildman–Crippen MR) is 74.8 cm³/mol. The Bertz CT molecular complexity index is 623. The number of benzene rings is 1. The van der Waals surface area contributed by atoms with Crippen molar-refractivity contribution in [3.05, 3.63) is 47.1 Å². The van der Waals surface area contributed by atoms with Crippen molar-refractivity contribution in [2.75, 3.05) is 6.61 Å². The van der Waals surface area contributed by atoms with Crippen LogP contribution in [0.15, 0.2) is 41.5 Å². The molecule has 0 aliphatic carbocycles. The average Bonchev–Trinajstić information content (AvgIpc) is 2.45. The molecule has 1 heterocycles. The van der Waals surface area contributed by atoms with Crippen LogP contribution in [0.2, 0.25) is 0 Å². The Morgan fingerprint density at radius 2 is 2.25 bits per heavy atom. The second-order valence-electron chi connectivity index (χ2n) is 4.33. The Kier molecular flexibility index (Phi) is 4.21. The number of ether oxygens (including phenoxy) is 2. The Morgan fingerprint density at radius 1 is 1.50 bits per heavy atom. The van der Waals surface area contributed by atoms with E-state index in [1.54, 1.807) is 6.92 Å². The van der Waals surface area contributed by atoms with E-state index in [1.807, 2.05) is 43.3 Å². The molecule has 1 unspecified atom stereocenters. The summed E-state index contributed by atoms with van der Waals surface area (Å²) in [4.78, 5) is 11.6. The number of fused-ring (bicyclic) bond motifs is 1. The summed E-state index contributed by atoms with van der Waals surface area (Å²) in [6.07, 6.45) is 3.22. The molecule has 1 aromatic carbocycles. The fraction of sp³-hybridized carbons (Fsp3) is 0.250. The lowest BCUT2D eigenvalue weighted by molar-refractivity contribution is -0.138. The summed E-state index contributed by atoms with van der Waals surface area (Å²) in [5, 5.41) is 9.05. The number of para-hydroxylation sites is 1. The first kappa shape index (κ1) is 13.9. The highest BCUT2D eigenvalue weighted by molar-refractivity contribution is 5.93. The van der Waals surface area contributed by atoms with Crippen molar-refractivity contribution in [2.45, 2.75) is 20.0 Å². The minimum absolute atomic E-state index is 0.0204. The molecular formula is C16H15NO3. The van der Waals surface area contributed by atoms with E-state index >= 15 is 0 Å². The van der Waals surface area contributed by atoms with Crippen molar-refractivity contribution >= 4 is 12.0 Å². The summed E-state index contributed by atoms with van der Waals surface area (Å²) in [5.74, 6) is 0.189. The molecule has 0 bridgehead atoms. The molecule has 0 aromatic heterocycles. The van der Waals surface area contributed by atoms with Crippen molar-refractivity contribution in [2.24, 2.45) is 0 Å². The lowest BCUT2D eigenvalue weighted by atomic mass is 10.0. The van der Waals surface area contributed by atoms with Crippen LogP contribution in [-0.4, -0.2) is 18.7 Å². The number of carbonyl (C=O) groups is 1. The van der Waals surface area contributed by atoms with Gasteiger partial charge < -0.3 is 9.47 Å². The number of nitrogens with zero attached hydrogens (tertiary/aromatic N) is 1. The fourth-order valence-electron chi connectivity index (χ4n) is 1.93. The van der Waals surface area contributed by atoms with Crippen LogP contribution in [0.1, 0.15) is 19.4 Å². The molecule has 1 atom stereocenters. The van der Waals surface area contributed by atoms with Crippen LogP contribution in [0.25, 0.3) is 6.08 Å². The van der Waals surface area contributed by atoms with Crippen molar-refractivity contribution in [1.29, 1.82) is 5.26 Å². The maximum atomic E-state index is 11.6. The smallest absolute Gasteiger partial charge is 0.348 e. The van der Waals surface area contributed by atoms with E-state index in [1.165, 1.54) is 6.08 Å². The number of hydrogen-bond donors (Lipinski definition) is 0. The zero-order valence-corrected chi connectivity index (χ0v) is 11.4. The van der Waals surface area contributed by atoms with E-state index in [2.05, 4.69) is 0 Å². The van der Waals surface area contributed by atoms with Crippen LogP contribution in [0.4, 0.5) is 0 Å². The first-order valence-electron chi connectivity index (χ1n) is 6.42. The standard InChI is InChI=1S/C16H15NO3/c1-3-19-16(18)14(10-17)9-13-8-12-6-4-5-7-15(12)20-11(13)2/h4-9,11H,3H2,1-2H3. The molecule has 1 aliphatic rings. The first-order valence-corrected chi connectivity index (χ1v) is 6.42. The maximum absolute atomic E-state index is 11.6. The minimum Gasteiger partial charge on any atom is -0.485 e. The Labute approximate surface area is 117 Å². The zero-order chi connectivity index (χ0) is 14.5. The zero-order valence-electron chi connectivity index (χ0n) is 11.4. The highest BCUT2D eigenvalue weighted by Gasteiger charge is 2.19. The van der Waals surface area contributed by atoms with Gasteiger partial charge in [0.25, 0.3) is 0 Å². The van der Waals surface area contributed by atoms with E-state index in [0.29, 0.717) is 0 Å². The molecule has 1 aliphatic heterocycles. The molecule has 0 spiro atoms. The van der Waals surface area contributed by atoms with Crippen LogP contribution in [0.5, 0.6) is 5.75 Å². The van der Waals surface area contributed by atoms with Gasteiger partial charge in [0.15, 0.2) is 0 Å². The third kappa shape index (κ3) is 2.89. The number of hydrogen-bond acceptors (Lipinski definition) is 4. The van der Waals surface area contributed by atoms with Crippen LogP contribution < -0.4 is 4.74 Å². The van der Waals surface area contributed by atoms with Gasteiger partial charge in [0.2, 0.25) is 0 Å². The second kappa shape index (κ2) is 6.07. The quantitative estimate of drug-likeness (QED) is 0.481. The number of nitriles is 1. The molecule has 0 amide bonds. The van der Waals surface area contributed by atoms with E-state index in [-0.39, 0.29) is 18.3 Å². The first-order chi connectivity index (χ1) is 9.65. The van der Waals surface area contributed by atoms with Gasteiger partial charge >= 0.3 is 5.97 Å². The lowest BCUT2D eigenvalue weighted by Gasteiger charge is -2.22. The van der Waals surface area contributed by atoms with Gasteiger partial charge in [-0.1, -0.05) is 18.2 Å².